The second-order valence-electron chi connectivity index (χ2n) is 20.4. The van der Waals surface area contributed by atoms with E-state index in [-0.39, 0.29) is 12.1 Å². The normalized spacial score (nSPS) is 13.7. The van der Waals surface area contributed by atoms with E-state index in [0.717, 1.165) is 22.7 Å². The number of hydrogen-bond acceptors (Lipinski definition) is 3. The lowest BCUT2D eigenvalue weighted by atomic mass is 9.33. The third kappa shape index (κ3) is 6.49. The Morgan fingerprint density at radius 2 is 0.912 bits per heavy atom. The first kappa shape index (κ1) is 41.8. The molecule has 9 aromatic rings. The van der Waals surface area contributed by atoms with Crippen LogP contribution in [0.5, 0.6) is 0 Å². The van der Waals surface area contributed by atoms with Crippen molar-refractivity contribution in [2.24, 2.45) is 0 Å². The van der Waals surface area contributed by atoms with Crippen molar-refractivity contribution in [3.05, 3.63) is 226 Å². The number of benzene rings is 9. The smallest absolute Gasteiger partial charge is 0.252 e. The van der Waals surface area contributed by atoms with Gasteiger partial charge in [-0.1, -0.05) is 162 Å². The second kappa shape index (κ2) is 15.5. The number of nitrogens with zero attached hydrogens (tertiary/aromatic N) is 3. The van der Waals surface area contributed by atoms with Crippen LogP contribution in [0, 0.1) is 48.5 Å². The fraction of sp³-hybridized carbons (Fsp3) is 0.156. The van der Waals surface area contributed by atoms with Crippen LogP contribution in [0.2, 0.25) is 0 Å². The van der Waals surface area contributed by atoms with Crippen molar-refractivity contribution >= 4 is 74.3 Å². The second-order valence-corrected chi connectivity index (χ2v) is 20.4. The van der Waals surface area contributed by atoms with Crippen LogP contribution >= 0.6 is 0 Å². The first-order chi connectivity index (χ1) is 32.8. The lowest BCUT2D eigenvalue weighted by molar-refractivity contribution is 0.661. The molecule has 0 saturated carbocycles. The van der Waals surface area contributed by atoms with Gasteiger partial charge in [0, 0.05) is 45.2 Å². The highest BCUT2D eigenvalue weighted by Crippen LogP contribution is 2.59. The van der Waals surface area contributed by atoms with Crippen LogP contribution in [0.1, 0.15) is 63.9 Å². The van der Waals surface area contributed by atoms with Crippen molar-refractivity contribution in [3.63, 3.8) is 0 Å². The molecule has 3 nitrogen and oxygen atoms in total. The van der Waals surface area contributed by atoms with Crippen LogP contribution in [0.3, 0.4) is 0 Å². The largest absolute Gasteiger partial charge is 0.311 e. The monoisotopic (exact) mass is 877 g/mol. The van der Waals surface area contributed by atoms with Crippen LogP contribution in [0.25, 0.3) is 22.3 Å². The van der Waals surface area contributed by atoms with Crippen LogP contribution in [0.4, 0.5) is 51.2 Å². The minimum atomic E-state index is -0.335. The van der Waals surface area contributed by atoms with E-state index in [1.54, 1.807) is 0 Å². The lowest BCUT2D eigenvalue weighted by Crippen LogP contribution is -2.61. The molecule has 0 bridgehead atoms. The van der Waals surface area contributed by atoms with Gasteiger partial charge in [0.25, 0.3) is 6.71 Å². The molecule has 2 aliphatic heterocycles. The van der Waals surface area contributed by atoms with Crippen molar-refractivity contribution in [1.82, 2.24) is 0 Å². The molecular weight excluding hydrogens is 822 g/mol. The lowest BCUT2D eigenvalue weighted by Gasteiger charge is -2.47. The summed E-state index contributed by atoms with van der Waals surface area (Å²) in [6.45, 7) is 20.2. The van der Waals surface area contributed by atoms with Crippen molar-refractivity contribution < 1.29 is 0 Å². The van der Waals surface area contributed by atoms with E-state index in [4.69, 9.17) is 0 Å². The summed E-state index contributed by atoms with van der Waals surface area (Å²) >= 11 is 0. The summed E-state index contributed by atoms with van der Waals surface area (Å²) in [5.41, 5.74) is 30.6. The summed E-state index contributed by atoms with van der Waals surface area (Å²) in [5, 5.41) is 0. The van der Waals surface area contributed by atoms with E-state index >= 15 is 0 Å². The van der Waals surface area contributed by atoms with Crippen molar-refractivity contribution in [2.75, 3.05) is 14.7 Å². The Labute approximate surface area is 403 Å². The minimum absolute atomic E-state index is 0.0839. The van der Waals surface area contributed by atoms with Crippen LogP contribution in [0.15, 0.2) is 176 Å². The summed E-state index contributed by atoms with van der Waals surface area (Å²) in [6.07, 6.45) is 0. The maximum atomic E-state index is 2.65. The predicted octanol–water partition coefficient (Wildman–Crippen LogP) is 15.4. The third-order valence-electron chi connectivity index (χ3n) is 14.9. The molecular formula is C64H56BN3. The van der Waals surface area contributed by atoms with Crippen molar-refractivity contribution in [2.45, 2.75) is 67.7 Å². The van der Waals surface area contributed by atoms with Gasteiger partial charge in [0.05, 0.1) is 11.4 Å². The summed E-state index contributed by atoms with van der Waals surface area (Å²) in [6, 6.07) is 67.6. The van der Waals surface area contributed by atoms with E-state index in [9.17, 15) is 0 Å². The molecule has 68 heavy (non-hydrogen) atoms. The molecule has 0 unspecified atom stereocenters. The number of rotatable bonds is 6. The fourth-order valence-corrected chi connectivity index (χ4v) is 11.8. The first-order valence-corrected chi connectivity index (χ1v) is 24.2. The molecule has 0 spiro atoms. The van der Waals surface area contributed by atoms with Gasteiger partial charge in [0.2, 0.25) is 0 Å². The number of aryl methyl sites for hydroxylation is 7. The van der Waals surface area contributed by atoms with E-state index in [1.165, 1.54) is 117 Å². The van der Waals surface area contributed by atoms with E-state index in [2.05, 4.69) is 253 Å². The standard InChI is InChI=1S/C64H56BN3/c1-39-14-23-48(24-15-39)66(49-25-16-40(2)17-26-49)63-60-53(52-12-10-11-13-54(52)64(60,8)9)38-56-62(63)68(51-29-20-42(4)21-30-51)59-37-47(46-33-44(6)32-45(7)34-46)36-58-61(59)65(56)55-35-43(5)22-31-57(55)67(58)50-27-18-41(3)19-28-50/h10-38H,1-9H3. The molecule has 3 aliphatic rings. The van der Waals surface area contributed by atoms with Gasteiger partial charge >= 0.3 is 0 Å². The maximum Gasteiger partial charge on any atom is 0.252 e. The van der Waals surface area contributed by atoms with E-state index in [0.29, 0.717) is 0 Å². The molecule has 9 aromatic carbocycles. The molecule has 330 valence electrons. The summed E-state index contributed by atoms with van der Waals surface area (Å²) in [7, 11) is 0. The highest BCUT2D eigenvalue weighted by Gasteiger charge is 2.49. The zero-order valence-electron chi connectivity index (χ0n) is 40.7. The van der Waals surface area contributed by atoms with Crippen LogP contribution in [-0.4, -0.2) is 6.71 Å². The Bertz CT molecular complexity index is 3430. The zero-order valence-corrected chi connectivity index (χ0v) is 40.7. The Hall–Kier alpha value is -7.56. The Morgan fingerprint density at radius 3 is 1.50 bits per heavy atom. The average Bonchev–Trinajstić information content (AvgIpc) is 3.55. The van der Waals surface area contributed by atoms with Crippen LogP contribution in [-0.2, 0) is 5.41 Å². The maximum absolute atomic E-state index is 2.65. The van der Waals surface area contributed by atoms with Gasteiger partial charge in [-0.15, -0.1) is 0 Å². The molecule has 0 aromatic heterocycles. The third-order valence-corrected chi connectivity index (χ3v) is 14.9. The topological polar surface area (TPSA) is 9.72 Å². The zero-order chi connectivity index (χ0) is 46.7. The molecule has 0 radical (unpaired) electrons. The molecule has 0 fully saturated rings. The molecule has 0 saturated heterocycles. The van der Waals surface area contributed by atoms with Gasteiger partial charge < -0.3 is 14.7 Å². The highest BCUT2D eigenvalue weighted by atomic mass is 15.2. The molecule has 0 atom stereocenters. The van der Waals surface area contributed by atoms with Gasteiger partial charge in [-0.25, -0.2) is 0 Å². The van der Waals surface area contributed by atoms with Gasteiger partial charge in [0.15, 0.2) is 0 Å². The average molecular weight is 878 g/mol. The van der Waals surface area contributed by atoms with Crippen molar-refractivity contribution in [3.8, 4) is 22.3 Å². The van der Waals surface area contributed by atoms with Crippen LogP contribution < -0.4 is 31.1 Å². The van der Waals surface area contributed by atoms with Crippen molar-refractivity contribution in [1.29, 1.82) is 0 Å². The fourth-order valence-electron chi connectivity index (χ4n) is 11.8. The molecule has 1 aliphatic carbocycles. The predicted molar refractivity (Wildman–Crippen MR) is 291 cm³/mol. The SMILES string of the molecule is Cc1ccc(N2c3ccc(C)cc3B3c4cc5c(c(N(c6ccc(C)cc6)c6ccc(C)cc6)c4N(c4ccc(C)cc4)c4cc(-c6cc(C)cc(C)c6)cc2c43)C(C)(C)c2ccccc2-5)cc1. The molecule has 2 heterocycles. The molecule has 4 heteroatoms. The van der Waals surface area contributed by atoms with E-state index < -0.39 is 0 Å². The highest BCUT2D eigenvalue weighted by molar-refractivity contribution is 7.00. The molecule has 0 N–H and O–H groups in total. The Balaban J connectivity index is 1.30. The Kier molecular flexibility index (Phi) is 9.54. The van der Waals surface area contributed by atoms with Gasteiger partial charge in [-0.2, -0.15) is 0 Å². The number of hydrogen-bond donors (Lipinski definition) is 0. The van der Waals surface area contributed by atoms with Gasteiger partial charge in [-0.05, 0) is 165 Å². The molecule has 12 rings (SSSR count). The van der Waals surface area contributed by atoms with Gasteiger partial charge in [-0.3, -0.25) is 0 Å². The Morgan fingerprint density at radius 1 is 0.412 bits per heavy atom. The quantitative estimate of drug-likeness (QED) is 0.154. The summed E-state index contributed by atoms with van der Waals surface area (Å²) in [4.78, 5) is 7.78. The summed E-state index contributed by atoms with van der Waals surface area (Å²) in [5.74, 6) is 0. The first-order valence-electron chi connectivity index (χ1n) is 24.2. The van der Waals surface area contributed by atoms with Gasteiger partial charge in [0.1, 0.15) is 0 Å². The summed E-state index contributed by atoms with van der Waals surface area (Å²) < 4.78 is 0. The van der Waals surface area contributed by atoms with E-state index in [1.807, 2.05) is 0 Å². The molecule has 0 amide bonds. The minimum Gasteiger partial charge on any atom is -0.311 e. The number of anilines is 9. The number of fused-ring (bicyclic) bond motifs is 7.